The SMILES string of the molecule is O=C(C1CCCCC1)N1CCC[C@H](n2cc(-c3nc(-c4ccccc4)no3)nn2)C1. The first-order valence-electron chi connectivity index (χ1n) is 10.9. The molecule has 8 heteroatoms. The first kappa shape index (κ1) is 19.0. The lowest BCUT2D eigenvalue weighted by Crippen LogP contribution is -2.44. The molecule has 0 unspecified atom stereocenters. The van der Waals surface area contributed by atoms with Gasteiger partial charge in [0.05, 0.1) is 12.2 Å². The van der Waals surface area contributed by atoms with Crippen LogP contribution in [0.2, 0.25) is 0 Å². The number of hydrogen-bond donors (Lipinski definition) is 0. The quantitative estimate of drug-likeness (QED) is 0.656. The summed E-state index contributed by atoms with van der Waals surface area (Å²) in [7, 11) is 0. The van der Waals surface area contributed by atoms with Crippen LogP contribution >= 0.6 is 0 Å². The van der Waals surface area contributed by atoms with Gasteiger partial charge < -0.3 is 9.42 Å². The predicted molar refractivity (Wildman–Crippen MR) is 110 cm³/mol. The zero-order valence-electron chi connectivity index (χ0n) is 17.0. The molecule has 8 nitrogen and oxygen atoms in total. The van der Waals surface area contributed by atoms with Crippen LogP contribution in [0.15, 0.2) is 41.1 Å². The van der Waals surface area contributed by atoms with E-state index in [0.29, 0.717) is 29.9 Å². The van der Waals surface area contributed by atoms with Crippen molar-refractivity contribution < 1.29 is 9.32 Å². The maximum Gasteiger partial charge on any atom is 0.280 e. The number of likely N-dealkylation sites (tertiary alicyclic amines) is 1. The largest absolute Gasteiger partial charge is 0.340 e. The van der Waals surface area contributed by atoms with Crippen molar-refractivity contribution in [3.8, 4) is 23.0 Å². The molecule has 1 saturated heterocycles. The Bertz CT molecular complexity index is 992. The highest BCUT2D eigenvalue weighted by Gasteiger charge is 2.31. The molecule has 0 radical (unpaired) electrons. The first-order chi connectivity index (χ1) is 14.8. The second-order valence-electron chi connectivity index (χ2n) is 8.29. The van der Waals surface area contributed by atoms with E-state index in [2.05, 4.69) is 20.5 Å². The topological polar surface area (TPSA) is 89.9 Å². The van der Waals surface area contributed by atoms with E-state index in [4.69, 9.17) is 4.52 Å². The Morgan fingerprint density at radius 1 is 1.03 bits per heavy atom. The number of aromatic nitrogens is 5. The van der Waals surface area contributed by atoms with Crippen LogP contribution in [0.1, 0.15) is 51.0 Å². The van der Waals surface area contributed by atoms with Gasteiger partial charge in [-0.15, -0.1) is 5.10 Å². The van der Waals surface area contributed by atoms with Crippen LogP contribution in [0.4, 0.5) is 0 Å². The van der Waals surface area contributed by atoms with E-state index < -0.39 is 0 Å². The third-order valence-electron chi connectivity index (χ3n) is 6.22. The molecule has 1 atom stereocenters. The van der Waals surface area contributed by atoms with Gasteiger partial charge in [-0.05, 0) is 25.7 Å². The first-order valence-corrected chi connectivity index (χ1v) is 10.9. The maximum atomic E-state index is 12.9. The van der Waals surface area contributed by atoms with E-state index in [1.165, 1.54) is 19.3 Å². The molecule has 3 aromatic rings. The van der Waals surface area contributed by atoms with Gasteiger partial charge in [0.2, 0.25) is 11.7 Å². The summed E-state index contributed by atoms with van der Waals surface area (Å²) in [6, 6.07) is 9.82. The highest BCUT2D eigenvalue weighted by atomic mass is 16.5. The monoisotopic (exact) mass is 406 g/mol. The van der Waals surface area contributed by atoms with Crippen molar-refractivity contribution in [3.63, 3.8) is 0 Å². The van der Waals surface area contributed by atoms with Gasteiger partial charge in [0.1, 0.15) is 0 Å². The predicted octanol–water partition coefficient (Wildman–Crippen LogP) is 3.74. The molecule has 156 valence electrons. The molecule has 30 heavy (non-hydrogen) atoms. The number of carbonyl (C=O) groups is 1. The summed E-state index contributed by atoms with van der Waals surface area (Å²) in [5.41, 5.74) is 1.45. The van der Waals surface area contributed by atoms with E-state index in [9.17, 15) is 4.79 Å². The lowest BCUT2D eigenvalue weighted by atomic mass is 9.87. The molecule has 5 rings (SSSR count). The minimum absolute atomic E-state index is 0.129. The molecule has 1 aliphatic carbocycles. The van der Waals surface area contributed by atoms with Crippen molar-refractivity contribution in [1.29, 1.82) is 0 Å². The van der Waals surface area contributed by atoms with E-state index in [-0.39, 0.29) is 12.0 Å². The Morgan fingerprint density at radius 2 is 1.87 bits per heavy atom. The number of carbonyl (C=O) groups excluding carboxylic acids is 1. The molecule has 1 aliphatic heterocycles. The molecule has 0 N–H and O–H groups in total. The lowest BCUT2D eigenvalue weighted by molar-refractivity contribution is -0.138. The van der Waals surface area contributed by atoms with Crippen LogP contribution in [-0.2, 0) is 4.79 Å². The number of rotatable bonds is 4. The molecule has 0 spiro atoms. The fraction of sp³-hybridized carbons (Fsp3) is 0.500. The van der Waals surface area contributed by atoms with Gasteiger partial charge in [-0.2, -0.15) is 4.98 Å². The van der Waals surface area contributed by atoms with Gasteiger partial charge in [0.15, 0.2) is 5.69 Å². The van der Waals surface area contributed by atoms with Crippen LogP contribution in [0.3, 0.4) is 0 Å². The van der Waals surface area contributed by atoms with Crippen LogP contribution in [0, 0.1) is 5.92 Å². The Kier molecular flexibility index (Phi) is 5.29. The van der Waals surface area contributed by atoms with Crippen LogP contribution in [-0.4, -0.2) is 49.0 Å². The Labute approximate surface area is 175 Å². The zero-order chi connectivity index (χ0) is 20.3. The van der Waals surface area contributed by atoms with Gasteiger partial charge in [-0.25, -0.2) is 4.68 Å². The zero-order valence-corrected chi connectivity index (χ0v) is 17.0. The van der Waals surface area contributed by atoms with Gasteiger partial charge in [-0.1, -0.05) is 60.0 Å². The molecule has 2 fully saturated rings. The lowest BCUT2D eigenvalue weighted by Gasteiger charge is -2.35. The van der Waals surface area contributed by atoms with Crippen molar-refractivity contribution in [1.82, 2.24) is 30.0 Å². The summed E-state index contributed by atoms with van der Waals surface area (Å²) in [5, 5.41) is 12.6. The minimum Gasteiger partial charge on any atom is -0.340 e. The molecule has 2 aliphatic rings. The smallest absolute Gasteiger partial charge is 0.280 e. The van der Waals surface area contributed by atoms with Gasteiger partial charge in [0, 0.05) is 24.6 Å². The normalized spacial score (nSPS) is 20.4. The number of benzene rings is 1. The highest BCUT2D eigenvalue weighted by molar-refractivity contribution is 5.79. The van der Waals surface area contributed by atoms with E-state index >= 15 is 0 Å². The third kappa shape index (κ3) is 3.86. The number of nitrogens with zero attached hydrogens (tertiary/aromatic N) is 6. The van der Waals surface area contributed by atoms with Crippen molar-refractivity contribution in [2.75, 3.05) is 13.1 Å². The summed E-state index contributed by atoms with van der Waals surface area (Å²) in [5.74, 6) is 1.41. The summed E-state index contributed by atoms with van der Waals surface area (Å²) in [6.45, 7) is 1.54. The minimum atomic E-state index is 0.129. The second kappa shape index (κ2) is 8.38. The molecule has 1 aromatic carbocycles. The number of amides is 1. The highest BCUT2D eigenvalue weighted by Crippen LogP contribution is 2.29. The summed E-state index contributed by atoms with van der Waals surface area (Å²) in [4.78, 5) is 19.4. The molecular formula is C22H26N6O2. The average Bonchev–Trinajstić information content (AvgIpc) is 3.50. The maximum absolute atomic E-state index is 12.9. The fourth-order valence-corrected chi connectivity index (χ4v) is 4.56. The van der Waals surface area contributed by atoms with Gasteiger partial charge in [0.25, 0.3) is 5.89 Å². The Hall–Kier alpha value is -3.03. The van der Waals surface area contributed by atoms with Crippen molar-refractivity contribution in [2.45, 2.75) is 51.0 Å². The fourth-order valence-electron chi connectivity index (χ4n) is 4.56. The summed E-state index contributed by atoms with van der Waals surface area (Å²) in [6.07, 6.45) is 9.50. The second-order valence-corrected chi connectivity index (χ2v) is 8.29. The van der Waals surface area contributed by atoms with Crippen LogP contribution < -0.4 is 0 Å². The van der Waals surface area contributed by atoms with Gasteiger partial charge >= 0.3 is 0 Å². The standard InChI is InChI=1S/C22H26N6O2/c29-22(17-10-5-2-6-11-17)27-13-7-12-18(14-27)28-15-19(24-26-28)21-23-20(25-30-21)16-8-3-1-4-9-16/h1,3-4,8-9,15,17-18H,2,5-7,10-14H2/t18-/m0/s1. The van der Waals surface area contributed by atoms with Crippen molar-refractivity contribution in [3.05, 3.63) is 36.5 Å². The van der Waals surface area contributed by atoms with E-state index in [1.54, 1.807) is 0 Å². The molecule has 3 heterocycles. The summed E-state index contributed by atoms with van der Waals surface area (Å²) >= 11 is 0. The molecular weight excluding hydrogens is 380 g/mol. The van der Waals surface area contributed by atoms with E-state index in [1.807, 2.05) is 46.1 Å². The van der Waals surface area contributed by atoms with Crippen LogP contribution in [0.5, 0.6) is 0 Å². The number of piperidine rings is 1. The molecule has 2 aromatic heterocycles. The Balaban J connectivity index is 1.28. The van der Waals surface area contributed by atoms with E-state index in [0.717, 1.165) is 37.8 Å². The third-order valence-corrected chi connectivity index (χ3v) is 6.22. The van der Waals surface area contributed by atoms with Crippen molar-refractivity contribution >= 4 is 5.91 Å². The van der Waals surface area contributed by atoms with Crippen LogP contribution in [0.25, 0.3) is 23.0 Å². The van der Waals surface area contributed by atoms with Gasteiger partial charge in [-0.3, -0.25) is 4.79 Å². The molecule has 1 amide bonds. The number of hydrogen-bond acceptors (Lipinski definition) is 6. The van der Waals surface area contributed by atoms with Crippen molar-refractivity contribution in [2.24, 2.45) is 5.92 Å². The molecule has 0 bridgehead atoms. The average molecular weight is 406 g/mol. The molecule has 1 saturated carbocycles. The Morgan fingerprint density at radius 3 is 2.70 bits per heavy atom. The summed E-state index contributed by atoms with van der Waals surface area (Å²) < 4.78 is 7.25.